The highest BCUT2D eigenvalue weighted by atomic mass is 19.1. The number of hydrogen-bond donors (Lipinski definition) is 1. The number of carbonyl (C=O) groups excluding carboxylic acids is 3. The van der Waals surface area contributed by atoms with E-state index in [4.69, 9.17) is 9.47 Å². The molecule has 2 aromatic rings. The van der Waals surface area contributed by atoms with Crippen molar-refractivity contribution in [1.82, 2.24) is 0 Å². The predicted octanol–water partition coefficient (Wildman–Crippen LogP) is 2.96. The highest BCUT2D eigenvalue weighted by Crippen LogP contribution is 2.34. The van der Waals surface area contributed by atoms with Crippen molar-refractivity contribution < 1.29 is 28.2 Å². The second kappa shape index (κ2) is 6.83. The Bertz CT molecular complexity index is 930. The average Bonchev–Trinajstić information content (AvgIpc) is 2.64. The first-order chi connectivity index (χ1) is 13.0. The summed E-state index contributed by atoms with van der Waals surface area (Å²) < 4.78 is 24.4. The highest BCUT2D eigenvalue weighted by Gasteiger charge is 2.27. The zero-order valence-electron chi connectivity index (χ0n) is 14.3. The highest BCUT2D eigenvalue weighted by molar-refractivity contribution is 5.98. The fraction of sp³-hybridized carbons (Fsp3) is 0.250. The van der Waals surface area contributed by atoms with Crippen LogP contribution in [0.4, 0.5) is 10.1 Å². The third kappa shape index (κ3) is 3.53. The monoisotopic (exact) mass is 369 g/mol. The van der Waals surface area contributed by atoms with Gasteiger partial charge in [-0.05, 0) is 23.1 Å². The number of esters is 1. The van der Waals surface area contributed by atoms with Gasteiger partial charge in [-0.2, -0.15) is 0 Å². The molecule has 1 aliphatic carbocycles. The van der Waals surface area contributed by atoms with Crippen LogP contribution in [-0.2, 0) is 20.9 Å². The van der Waals surface area contributed by atoms with E-state index in [-0.39, 0.29) is 47.8 Å². The normalized spacial score (nSPS) is 16.0. The number of ether oxygens (including phenoxy) is 2. The second-order valence-electron chi connectivity index (χ2n) is 6.63. The van der Waals surface area contributed by atoms with Crippen LogP contribution in [0.1, 0.15) is 40.2 Å². The van der Waals surface area contributed by atoms with E-state index in [0.717, 1.165) is 17.2 Å². The lowest BCUT2D eigenvalue weighted by atomic mass is 9.79. The lowest BCUT2D eigenvalue weighted by Crippen LogP contribution is -2.26. The number of ketones is 1. The zero-order chi connectivity index (χ0) is 19.0. The predicted molar refractivity (Wildman–Crippen MR) is 93.1 cm³/mol. The molecule has 0 spiro atoms. The summed E-state index contributed by atoms with van der Waals surface area (Å²) in [5, 5.41) is 2.52. The van der Waals surface area contributed by atoms with E-state index >= 15 is 0 Å². The Morgan fingerprint density at radius 1 is 1.19 bits per heavy atom. The molecule has 0 saturated heterocycles. The molecule has 1 heterocycles. The van der Waals surface area contributed by atoms with Crippen LogP contribution < -0.4 is 10.1 Å². The summed E-state index contributed by atoms with van der Waals surface area (Å²) in [6, 6.07) is 9.73. The summed E-state index contributed by atoms with van der Waals surface area (Å²) in [5.41, 5.74) is 1.80. The van der Waals surface area contributed by atoms with Crippen molar-refractivity contribution in [3.8, 4) is 5.75 Å². The summed E-state index contributed by atoms with van der Waals surface area (Å²) in [6.07, 6.45) is 1.15. The van der Waals surface area contributed by atoms with Gasteiger partial charge in [0.15, 0.2) is 6.61 Å². The fourth-order valence-electron chi connectivity index (χ4n) is 3.10. The van der Waals surface area contributed by atoms with Crippen LogP contribution in [0.3, 0.4) is 0 Å². The van der Waals surface area contributed by atoms with Crippen LogP contribution in [0.15, 0.2) is 36.4 Å². The molecule has 0 bridgehead atoms. The van der Waals surface area contributed by atoms with Crippen molar-refractivity contribution in [2.75, 3.05) is 11.9 Å². The maximum Gasteiger partial charge on any atom is 0.341 e. The van der Waals surface area contributed by atoms with E-state index in [2.05, 4.69) is 5.32 Å². The van der Waals surface area contributed by atoms with Gasteiger partial charge in [-0.25, -0.2) is 9.18 Å². The topological polar surface area (TPSA) is 81.7 Å². The SMILES string of the molecule is O=C1CC(c2ccc(COC(=O)c3cc4c(cc3F)OCC(=O)N4)cc2)C1. The fourth-order valence-corrected chi connectivity index (χ4v) is 3.10. The van der Waals surface area contributed by atoms with E-state index in [1.807, 2.05) is 24.3 Å². The third-order valence-electron chi connectivity index (χ3n) is 4.69. The van der Waals surface area contributed by atoms with Gasteiger partial charge in [0, 0.05) is 18.9 Å². The number of carbonyl (C=O) groups is 3. The molecule has 1 N–H and O–H groups in total. The number of halogens is 1. The maximum atomic E-state index is 14.1. The minimum absolute atomic E-state index is 0.0118. The Kier molecular flexibility index (Phi) is 4.35. The van der Waals surface area contributed by atoms with Gasteiger partial charge in [0.2, 0.25) is 0 Å². The van der Waals surface area contributed by atoms with Crippen molar-refractivity contribution in [1.29, 1.82) is 0 Å². The largest absolute Gasteiger partial charge is 0.481 e. The van der Waals surface area contributed by atoms with Crippen LogP contribution >= 0.6 is 0 Å². The molecule has 0 atom stereocenters. The summed E-state index contributed by atoms with van der Waals surface area (Å²) in [6.45, 7) is -0.205. The van der Waals surface area contributed by atoms with Gasteiger partial charge in [-0.3, -0.25) is 9.59 Å². The van der Waals surface area contributed by atoms with E-state index in [1.165, 1.54) is 6.07 Å². The van der Waals surface area contributed by atoms with Crippen molar-refractivity contribution >= 4 is 23.3 Å². The van der Waals surface area contributed by atoms with Gasteiger partial charge >= 0.3 is 5.97 Å². The number of nitrogens with one attached hydrogen (secondary N) is 1. The van der Waals surface area contributed by atoms with E-state index in [0.29, 0.717) is 12.8 Å². The molecule has 0 unspecified atom stereocenters. The van der Waals surface area contributed by atoms with Crippen LogP contribution in [0.2, 0.25) is 0 Å². The molecule has 7 heteroatoms. The summed E-state index contributed by atoms with van der Waals surface area (Å²) >= 11 is 0. The van der Waals surface area contributed by atoms with Crippen molar-refractivity contribution in [2.24, 2.45) is 0 Å². The number of benzene rings is 2. The summed E-state index contributed by atoms with van der Waals surface area (Å²) in [7, 11) is 0. The van der Waals surface area contributed by atoms with E-state index in [1.54, 1.807) is 0 Å². The quantitative estimate of drug-likeness (QED) is 0.838. The standard InChI is InChI=1S/C20H16FNO5/c21-16-8-18-17(22-19(24)10-26-18)7-15(16)20(25)27-9-11-1-3-12(4-2-11)13-5-14(23)6-13/h1-4,7-8,13H,5-6,9-10H2,(H,22,24). The number of anilines is 1. The molecular weight excluding hydrogens is 353 g/mol. The number of fused-ring (bicyclic) bond motifs is 1. The molecule has 0 radical (unpaired) electrons. The van der Waals surface area contributed by atoms with Crippen molar-refractivity contribution in [2.45, 2.75) is 25.4 Å². The molecular formula is C20H16FNO5. The first-order valence-electron chi connectivity index (χ1n) is 8.53. The Balaban J connectivity index is 1.41. The Labute approximate surface area is 154 Å². The molecule has 1 fully saturated rings. The van der Waals surface area contributed by atoms with Gasteiger partial charge < -0.3 is 14.8 Å². The molecule has 0 aromatic heterocycles. The van der Waals surface area contributed by atoms with E-state index < -0.39 is 11.8 Å². The molecule has 1 saturated carbocycles. The Morgan fingerprint density at radius 3 is 2.63 bits per heavy atom. The van der Waals surface area contributed by atoms with Gasteiger partial charge in [0.1, 0.15) is 24.0 Å². The first-order valence-corrected chi connectivity index (χ1v) is 8.53. The number of rotatable bonds is 4. The zero-order valence-corrected chi connectivity index (χ0v) is 14.3. The number of Topliss-reactive ketones (excluding diaryl/α,β-unsaturated/α-hetero) is 1. The maximum absolute atomic E-state index is 14.1. The van der Waals surface area contributed by atoms with Gasteiger partial charge in [0.25, 0.3) is 5.91 Å². The molecule has 27 heavy (non-hydrogen) atoms. The Morgan fingerprint density at radius 2 is 1.93 bits per heavy atom. The lowest BCUT2D eigenvalue weighted by molar-refractivity contribution is -0.124. The first kappa shape index (κ1) is 17.2. The van der Waals surface area contributed by atoms with E-state index in [9.17, 15) is 18.8 Å². The third-order valence-corrected chi connectivity index (χ3v) is 4.69. The molecule has 6 nitrogen and oxygen atoms in total. The number of amides is 1. The molecule has 138 valence electrons. The molecule has 1 aliphatic heterocycles. The molecule has 1 amide bonds. The molecule has 2 aromatic carbocycles. The van der Waals surface area contributed by atoms with Crippen LogP contribution in [0.25, 0.3) is 0 Å². The van der Waals surface area contributed by atoms with Crippen LogP contribution in [0.5, 0.6) is 5.75 Å². The summed E-state index contributed by atoms with van der Waals surface area (Å²) in [4.78, 5) is 34.7. The van der Waals surface area contributed by atoms with Gasteiger partial charge in [-0.15, -0.1) is 0 Å². The van der Waals surface area contributed by atoms with Gasteiger partial charge in [-0.1, -0.05) is 24.3 Å². The van der Waals surface area contributed by atoms with Gasteiger partial charge in [0.05, 0.1) is 11.3 Å². The smallest absolute Gasteiger partial charge is 0.341 e. The average molecular weight is 369 g/mol. The minimum atomic E-state index is -0.830. The summed E-state index contributed by atoms with van der Waals surface area (Å²) in [5.74, 6) is -1.26. The Hall–Kier alpha value is -3.22. The molecule has 2 aliphatic rings. The minimum Gasteiger partial charge on any atom is -0.481 e. The second-order valence-corrected chi connectivity index (χ2v) is 6.63. The lowest BCUT2D eigenvalue weighted by Gasteiger charge is -2.24. The van der Waals surface area contributed by atoms with Crippen molar-refractivity contribution in [3.05, 3.63) is 58.9 Å². The molecule has 4 rings (SSSR count). The van der Waals surface area contributed by atoms with Crippen LogP contribution in [0, 0.1) is 5.82 Å². The number of hydrogen-bond acceptors (Lipinski definition) is 5. The van der Waals surface area contributed by atoms with Crippen molar-refractivity contribution in [3.63, 3.8) is 0 Å². The van der Waals surface area contributed by atoms with Crippen LogP contribution in [-0.4, -0.2) is 24.3 Å².